The molecule has 4 rings (SSSR count). The van der Waals surface area contributed by atoms with Gasteiger partial charge in [-0.25, -0.2) is 0 Å². The molecular formula is C20H22N4O4. The Morgan fingerprint density at radius 3 is 2.61 bits per heavy atom. The Labute approximate surface area is 161 Å². The number of furan rings is 1. The molecule has 0 atom stereocenters. The molecule has 1 saturated heterocycles. The molecule has 3 heterocycles. The van der Waals surface area contributed by atoms with Gasteiger partial charge in [0.15, 0.2) is 11.3 Å². The topological polar surface area (TPSA) is 101 Å². The minimum Gasteiger partial charge on any atom is -0.459 e. The highest BCUT2D eigenvalue weighted by atomic mass is 16.4. The van der Waals surface area contributed by atoms with Gasteiger partial charge in [-0.15, -0.1) is 0 Å². The van der Waals surface area contributed by atoms with E-state index in [1.807, 2.05) is 24.3 Å². The van der Waals surface area contributed by atoms with Crippen LogP contribution in [0.3, 0.4) is 0 Å². The van der Waals surface area contributed by atoms with Crippen LogP contribution in [0.15, 0.2) is 51.5 Å². The van der Waals surface area contributed by atoms with Crippen LogP contribution in [0.4, 0.5) is 6.01 Å². The number of para-hydroxylation sites is 2. The second-order valence-corrected chi connectivity index (χ2v) is 6.75. The third-order valence-corrected chi connectivity index (χ3v) is 4.87. The lowest BCUT2D eigenvalue weighted by Gasteiger charge is -2.30. The molecule has 8 heteroatoms. The number of nitrogens with one attached hydrogen (secondary N) is 2. The number of carbonyl (C=O) groups excluding carboxylic acids is 2. The van der Waals surface area contributed by atoms with E-state index >= 15 is 0 Å². The molecule has 1 fully saturated rings. The van der Waals surface area contributed by atoms with E-state index in [4.69, 9.17) is 8.83 Å². The van der Waals surface area contributed by atoms with Crippen LogP contribution in [0.5, 0.6) is 0 Å². The molecule has 0 radical (unpaired) electrons. The molecular weight excluding hydrogens is 360 g/mol. The van der Waals surface area contributed by atoms with E-state index in [2.05, 4.69) is 20.5 Å². The molecule has 3 aromatic rings. The van der Waals surface area contributed by atoms with Gasteiger partial charge < -0.3 is 24.4 Å². The number of piperidine rings is 1. The fourth-order valence-corrected chi connectivity index (χ4v) is 3.33. The quantitative estimate of drug-likeness (QED) is 0.634. The van der Waals surface area contributed by atoms with Gasteiger partial charge in [-0.3, -0.25) is 9.59 Å². The zero-order valence-electron chi connectivity index (χ0n) is 15.4. The molecule has 2 N–H and O–H groups in total. The zero-order valence-corrected chi connectivity index (χ0v) is 15.4. The van der Waals surface area contributed by atoms with E-state index in [0.29, 0.717) is 19.1 Å². The second kappa shape index (κ2) is 8.16. The maximum Gasteiger partial charge on any atom is 0.298 e. The van der Waals surface area contributed by atoms with Gasteiger partial charge >= 0.3 is 0 Å². The van der Waals surface area contributed by atoms with Crippen molar-refractivity contribution in [1.82, 2.24) is 15.6 Å². The molecule has 2 aromatic heterocycles. The molecule has 0 aliphatic carbocycles. The van der Waals surface area contributed by atoms with E-state index in [1.165, 1.54) is 6.26 Å². The average molecular weight is 382 g/mol. The van der Waals surface area contributed by atoms with Crippen LogP contribution in [0.25, 0.3) is 11.1 Å². The summed E-state index contributed by atoms with van der Waals surface area (Å²) >= 11 is 0. The summed E-state index contributed by atoms with van der Waals surface area (Å²) in [7, 11) is 0. The lowest BCUT2D eigenvalue weighted by Crippen LogP contribution is -2.42. The first-order chi connectivity index (χ1) is 13.7. The zero-order chi connectivity index (χ0) is 19.3. The highest BCUT2D eigenvalue weighted by Crippen LogP contribution is 2.26. The summed E-state index contributed by atoms with van der Waals surface area (Å²) in [6, 6.07) is 11.5. The smallest absolute Gasteiger partial charge is 0.298 e. The maximum atomic E-state index is 12.4. The van der Waals surface area contributed by atoms with Gasteiger partial charge in [0, 0.05) is 32.1 Å². The van der Waals surface area contributed by atoms with Crippen molar-refractivity contribution in [1.29, 1.82) is 0 Å². The summed E-state index contributed by atoms with van der Waals surface area (Å²) in [5.41, 5.74) is 1.61. The third kappa shape index (κ3) is 4.00. The number of benzene rings is 1. The Morgan fingerprint density at radius 1 is 1.07 bits per heavy atom. The minimum absolute atomic E-state index is 0.0180. The molecule has 1 aliphatic rings. The molecule has 0 saturated carbocycles. The van der Waals surface area contributed by atoms with Gasteiger partial charge in [0.05, 0.1) is 6.26 Å². The molecule has 1 aromatic carbocycles. The Bertz CT molecular complexity index is 909. The number of fused-ring (bicyclic) bond motifs is 1. The molecule has 28 heavy (non-hydrogen) atoms. The highest BCUT2D eigenvalue weighted by Gasteiger charge is 2.27. The third-order valence-electron chi connectivity index (χ3n) is 4.87. The van der Waals surface area contributed by atoms with E-state index in [0.717, 1.165) is 37.0 Å². The van der Waals surface area contributed by atoms with Crippen LogP contribution in [0, 0.1) is 5.92 Å². The van der Waals surface area contributed by atoms with E-state index in [-0.39, 0.29) is 23.5 Å². The van der Waals surface area contributed by atoms with E-state index < -0.39 is 0 Å². The van der Waals surface area contributed by atoms with Crippen molar-refractivity contribution in [3.05, 3.63) is 48.4 Å². The van der Waals surface area contributed by atoms with Crippen molar-refractivity contribution in [2.24, 2.45) is 5.92 Å². The molecule has 0 unspecified atom stereocenters. The number of oxazole rings is 1. The number of nitrogens with zero attached hydrogens (tertiary/aromatic N) is 2. The first-order valence-electron chi connectivity index (χ1n) is 9.40. The molecule has 0 bridgehead atoms. The second-order valence-electron chi connectivity index (χ2n) is 6.75. The molecule has 8 nitrogen and oxygen atoms in total. The number of amides is 2. The van der Waals surface area contributed by atoms with Gasteiger partial charge in [-0.05, 0) is 37.1 Å². The lowest BCUT2D eigenvalue weighted by atomic mass is 9.96. The van der Waals surface area contributed by atoms with Crippen molar-refractivity contribution in [3.63, 3.8) is 0 Å². The Kier molecular flexibility index (Phi) is 5.27. The standard InChI is InChI=1S/C20H22N4O4/c25-18(21-9-10-22-19(26)17-6-3-13-27-17)14-7-11-24(12-8-14)20-23-15-4-1-2-5-16(15)28-20/h1-6,13-14H,7-12H2,(H,21,25)(H,22,26). The normalized spacial score (nSPS) is 14.9. The molecule has 0 spiro atoms. The maximum absolute atomic E-state index is 12.4. The summed E-state index contributed by atoms with van der Waals surface area (Å²) < 4.78 is 10.8. The summed E-state index contributed by atoms with van der Waals surface area (Å²) in [6.45, 7) is 2.18. The first-order valence-corrected chi connectivity index (χ1v) is 9.40. The van der Waals surface area contributed by atoms with Gasteiger partial charge in [0.1, 0.15) is 5.52 Å². The van der Waals surface area contributed by atoms with Crippen LogP contribution >= 0.6 is 0 Å². The highest BCUT2D eigenvalue weighted by molar-refractivity contribution is 5.91. The van der Waals surface area contributed by atoms with Gasteiger partial charge in [-0.2, -0.15) is 4.98 Å². The van der Waals surface area contributed by atoms with Gasteiger partial charge in [-0.1, -0.05) is 12.1 Å². The number of hydrogen-bond acceptors (Lipinski definition) is 6. The first kappa shape index (κ1) is 18.1. The predicted molar refractivity (Wildman–Crippen MR) is 103 cm³/mol. The van der Waals surface area contributed by atoms with Crippen LogP contribution in [0.2, 0.25) is 0 Å². The van der Waals surface area contributed by atoms with Gasteiger partial charge in [0.25, 0.3) is 11.9 Å². The van der Waals surface area contributed by atoms with Crippen molar-refractivity contribution in [3.8, 4) is 0 Å². The Hall–Kier alpha value is -3.29. The largest absolute Gasteiger partial charge is 0.459 e. The van der Waals surface area contributed by atoms with Crippen LogP contribution in [-0.2, 0) is 4.79 Å². The molecule has 146 valence electrons. The van der Waals surface area contributed by atoms with Gasteiger partial charge in [0.2, 0.25) is 5.91 Å². The van der Waals surface area contributed by atoms with Crippen molar-refractivity contribution >= 4 is 28.9 Å². The molecule has 2 amide bonds. The number of rotatable bonds is 6. The summed E-state index contributed by atoms with van der Waals surface area (Å²) in [6.07, 6.45) is 2.93. The fourth-order valence-electron chi connectivity index (χ4n) is 3.33. The van der Waals surface area contributed by atoms with Crippen molar-refractivity contribution < 1.29 is 18.4 Å². The SMILES string of the molecule is O=C(NCCNC(=O)C1CCN(c2nc3ccccc3o2)CC1)c1ccco1. The summed E-state index contributed by atoms with van der Waals surface area (Å²) in [5, 5.41) is 5.60. The molecule has 1 aliphatic heterocycles. The van der Waals surface area contributed by atoms with Crippen LogP contribution in [0.1, 0.15) is 23.4 Å². The summed E-state index contributed by atoms with van der Waals surface area (Å²) in [4.78, 5) is 30.7. The predicted octanol–water partition coefficient (Wildman–Crippen LogP) is 2.18. The fraction of sp³-hybridized carbons (Fsp3) is 0.350. The number of carbonyl (C=O) groups is 2. The van der Waals surface area contributed by atoms with E-state index in [1.54, 1.807) is 12.1 Å². The minimum atomic E-state index is -0.286. The van der Waals surface area contributed by atoms with Crippen molar-refractivity contribution in [2.75, 3.05) is 31.1 Å². The number of anilines is 1. The van der Waals surface area contributed by atoms with E-state index in [9.17, 15) is 9.59 Å². The Balaban J connectivity index is 1.20. The summed E-state index contributed by atoms with van der Waals surface area (Å²) in [5.74, 6) is -0.0466. The lowest BCUT2D eigenvalue weighted by molar-refractivity contribution is -0.125. The monoisotopic (exact) mass is 382 g/mol. The Morgan fingerprint density at radius 2 is 1.86 bits per heavy atom. The van der Waals surface area contributed by atoms with Crippen LogP contribution < -0.4 is 15.5 Å². The number of aromatic nitrogens is 1. The average Bonchev–Trinajstić information content (AvgIpc) is 3.41. The van der Waals surface area contributed by atoms with Crippen molar-refractivity contribution in [2.45, 2.75) is 12.8 Å². The van der Waals surface area contributed by atoms with Crippen LogP contribution in [-0.4, -0.2) is 43.0 Å². The number of hydrogen-bond donors (Lipinski definition) is 2.